The number of hydrogen-bond acceptors (Lipinski definition) is 7. The first-order valence-electron chi connectivity index (χ1n) is 11.6. The summed E-state index contributed by atoms with van der Waals surface area (Å²) >= 11 is 2.85. The van der Waals surface area contributed by atoms with Crippen molar-refractivity contribution >= 4 is 28.5 Å². The van der Waals surface area contributed by atoms with Gasteiger partial charge in [-0.3, -0.25) is 9.69 Å². The highest BCUT2D eigenvalue weighted by atomic mass is 32.1. The van der Waals surface area contributed by atoms with Crippen LogP contribution in [0.2, 0.25) is 0 Å². The SMILES string of the molecule is Cc1ncc(CC(=O)CC2CCC(CCN3CCc4sc(OCC(F)(F)F)nc4C3)CC2)s1. The lowest BCUT2D eigenvalue weighted by molar-refractivity contribution is -0.153. The summed E-state index contributed by atoms with van der Waals surface area (Å²) in [6, 6.07) is 0. The lowest BCUT2D eigenvalue weighted by Crippen LogP contribution is -2.32. The molecule has 0 radical (unpaired) electrons. The molecule has 2 aromatic rings. The van der Waals surface area contributed by atoms with Gasteiger partial charge in [-0.15, -0.1) is 11.3 Å². The van der Waals surface area contributed by atoms with Crippen molar-refractivity contribution in [1.29, 1.82) is 0 Å². The van der Waals surface area contributed by atoms with E-state index < -0.39 is 12.8 Å². The minimum absolute atomic E-state index is 0.123. The maximum absolute atomic E-state index is 12.4. The molecule has 5 nitrogen and oxygen atoms in total. The monoisotopic (exact) mass is 501 g/mol. The van der Waals surface area contributed by atoms with Crippen molar-refractivity contribution in [2.75, 3.05) is 19.7 Å². The number of rotatable bonds is 9. The number of fused-ring (bicyclic) bond motifs is 1. The van der Waals surface area contributed by atoms with Gasteiger partial charge in [-0.1, -0.05) is 24.2 Å². The number of ether oxygens (including phenoxy) is 1. The van der Waals surface area contributed by atoms with Gasteiger partial charge in [-0.2, -0.15) is 13.2 Å². The normalized spacial score (nSPS) is 21.7. The lowest BCUT2D eigenvalue weighted by atomic mass is 9.78. The number of hydrogen-bond donors (Lipinski definition) is 0. The predicted octanol–water partition coefficient (Wildman–Crippen LogP) is 5.61. The maximum Gasteiger partial charge on any atom is 0.422 e. The third-order valence-electron chi connectivity index (χ3n) is 6.52. The van der Waals surface area contributed by atoms with Crippen LogP contribution in [0.1, 0.15) is 59.0 Å². The van der Waals surface area contributed by atoms with Crippen LogP contribution in [0.5, 0.6) is 5.19 Å². The molecule has 0 unspecified atom stereocenters. The molecule has 33 heavy (non-hydrogen) atoms. The Balaban J connectivity index is 1.15. The van der Waals surface area contributed by atoms with Crippen molar-refractivity contribution < 1.29 is 22.7 Å². The van der Waals surface area contributed by atoms with Crippen LogP contribution in [0, 0.1) is 18.8 Å². The van der Waals surface area contributed by atoms with Gasteiger partial charge in [0, 0.05) is 41.9 Å². The maximum atomic E-state index is 12.4. The number of carbonyl (C=O) groups is 1. The Labute approximate surface area is 200 Å². The summed E-state index contributed by atoms with van der Waals surface area (Å²) in [5.74, 6) is 1.52. The second-order valence-electron chi connectivity index (χ2n) is 9.22. The van der Waals surface area contributed by atoms with Gasteiger partial charge in [-0.25, -0.2) is 9.97 Å². The number of aryl methyl sites for hydroxylation is 1. The molecule has 4 rings (SSSR count). The third-order valence-corrected chi connectivity index (χ3v) is 8.51. The Bertz CT molecular complexity index is 936. The van der Waals surface area contributed by atoms with E-state index in [9.17, 15) is 18.0 Å². The molecule has 182 valence electrons. The van der Waals surface area contributed by atoms with Crippen molar-refractivity contribution in [2.45, 2.75) is 71.0 Å². The summed E-state index contributed by atoms with van der Waals surface area (Å²) in [5, 5.41) is 1.13. The van der Waals surface area contributed by atoms with Crippen LogP contribution in [-0.2, 0) is 24.2 Å². The topological polar surface area (TPSA) is 55.3 Å². The van der Waals surface area contributed by atoms with Crippen molar-refractivity contribution in [3.8, 4) is 5.19 Å². The van der Waals surface area contributed by atoms with Crippen LogP contribution in [0.25, 0.3) is 0 Å². The van der Waals surface area contributed by atoms with Crippen molar-refractivity contribution in [3.63, 3.8) is 0 Å². The van der Waals surface area contributed by atoms with Crippen LogP contribution < -0.4 is 4.74 Å². The van der Waals surface area contributed by atoms with E-state index in [-0.39, 0.29) is 5.19 Å². The van der Waals surface area contributed by atoms with Gasteiger partial charge in [0.1, 0.15) is 5.78 Å². The van der Waals surface area contributed by atoms with Crippen LogP contribution in [0.15, 0.2) is 6.20 Å². The Kier molecular flexibility index (Phi) is 8.07. The fraction of sp³-hybridized carbons (Fsp3) is 0.696. The second kappa shape index (κ2) is 10.8. The van der Waals surface area contributed by atoms with Crippen molar-refractivity contribution in [3.05, 3.63) is 26.7 Å². The average Bonchev–Trinajstić information content (AvgIpc) is 3.36. The summed E-state index contributed by atoms with van der Waals surface area (Å²) in [6.07, 6.45) is 5.19. The van der Waals surface area contributed by atoms with E-state index in [4.69, 9.17) is 4.74 Å². The molecule has 0 bridgehead atoms. The van der Waals surface area contributed by atoms with Crippen molar-refractivity contribution in [2.24, 2.45) is 11.8 Å². The quantitative estimate of drug-likeness (QED) is 0.447. The van der Waals surface area contributed by atoms with Gasteiger partial charge in [0.05, 0.1) is 10.7 Å². The Morgan fingerprint density at radius 2 is 1.97 bits per heavy atom. The van der Waals surface area contributed by atoms with Crippen LogP contribution >= 0.6 is 22.7 Å². The molecule has 3 heterocycles. The fourth-order valence-corrected chi connectivity index (χ4v) is 6.52. The van der Waals surface area contributed by atoms with E-state index in [1.807, 2.05) is 13.1 Å². The summed E-state index contributed by atoms with van der Waals surface area (Å²) in [7, 11) is 0. The number of ketones is 1. The van der Waals surface area contributed by atoms with Gasteiger partial charge in [0.15, 0.2) is 6.61 Å². The zero-order valence-electron chi connectivity index (χ0n) is 18.8. The minimum Gasteiger partial charge on any atom is -0.460 e. The number of nitrogens with zero attached hydrogens (tertiary/aromatic N) is 3. The summed E-state index contributed by atoms with van der Waals surface area (Å²) in [5.41, 5.74) is 0.863. The zero-order chi connectivity index (χ0) is 23.4. The van der Waals surface area contributed by atoms with Crippen LogP contribution in [-0.4, -0.2) is 46.5 Å². The Morgan fingerprint density at radius 1 is 1.21 bits per heavy atom. The number of carbonyl (C=O) groups excluding carboxylic acids is 1. The molecule has 0 spiro atoms. The summed E-state index contributed by atoms with van der Waals surface area (Å²) in [4.78, 5) is 25.4. The molecule has 1 saturated carbocycles. The number of halogens is 3. The highest BCUT2D eigenvalue weighted by molar-refractivity contribution is 7.13. The zero-order valence-corrected chi connectivity index (χ0v) is 20.5. The van der Waals surface area contributed by atoms with Crippen molar-refractivity contribution in [1.82, 2.24) is 14.9 Å². The van der Waals surface area contributed by atoms with Gasteiger partial charge >= 0.3 is 6.18 Å². The summed E-state index contributed by atoms with van der Waals surface area (Å²) in [6.45, 7) is 3.25. The molecule has 0 atom stereocenters. The standard InChI is InChI=1S/C23H30F3N3O2S2/c1-15-27-12-19(32-15)11-18(30)10-17-4-2-16(3-5-17)6-8-29-9-7-21-20(13-29)28-22(33-21)31-14-23(24,25)26/h12,16-17H,2-11,13-14H2,1H3. The molecule has 2 aromatic heterocycles. The molecule has 1 aliphatic carbocycles. The molecule has 2 aliphatic rings. The number of alkyl halides is 3. The average molecular weight is 502 g/mol. The molecule has 1 aliphatic heterocycles. The number of aromatic nitrogens is 2. The van der Waals surface area contributed by atoms with E-state index in [1.54, 1.807) is 11.3 Å². The van der Waals surface area contributed by atoms with Gasteiger partial charge in [0.2, 0.25) is 0 Å². The highest BCUT2D eigenvalue weighted by Crippen LogP contribution is 2.35. The van der Waals surface area contributed by atoms with E-state index in [0.717, 1.165) is 59.2 Å². The number of Topliss-reactive ketones (excluding diaryl/α,β-unsaturated/α-hetero) is 1. The largest absolute Gasteiger partial charge is 0.460 e. The molecule has 10 heteroatoms. The molecule has 0 aromatic carbocycles. The molecule has 0 N–H and O–H groups in total. The molecular formula is C23H30F3N3O2S2. The lowest BCUT2D eigenvalue weighted by Gasteiger charge is -2.31. The molecule has 0 amide bonds. The van der Waals surface area contributed by atoms with E-state index >= 15 is 0 Å². The van der Waals surface area contributed by atoms with Crippen LogP contribution in [0.3, 0.4) is 0 Å². The molecule has 0 saturated heterocycles. The fourth-order valence-electron chi connectivity index (χ4n) is 4.79. The Morgan fingerprint density at radius 3 is 2.67 bits per heavy atom. The first-order valence-corrected chi connectivity index (χ1v) is 13.2. The molecule has 1 fully saturated rings. The van der Waals surface area contributed by atoms with E-state index in [0.29, 0.717) is 37.0 Å². The predicted molar refractivity (Wildman–Crippen MR) is 123 cm³/mol. The third kappa shape index (κ3) is 7.48. The van der Waals surface area contributed by atoms with E-state index in [1.165, 1.54) is 24.2 Å². The van der Waals surface area contributed by atoms with Gasteiger partial charge in [-0.05, 0) is 51.0 Å². The first kappa shape index (κ1) is 24.6. The summed E-state index contributed by atoms with van der Waals surface area (Å²) < 4.78 is 41.9. The van der Waals surface area contributed by atoms with Gasteiger partial charge in [0.25, 0.3) is 5.19 Å². The second-order valence-corrected chi connectivity index (χ2v) is 11.6. The number of thiazole rings is 2. The highest BCUT2D eigenvalue weighted by Gasteiger charge is 2.30. The smallest absolute Gasteiger partial charge is 0.422 e. The van der Waals surface area contributed by atoms with Crippen LogP contribution in [0.4, 0.5) is 13.2 Å². The first-order chi connectivity index (χ1) is 15.7. The minimum atomic E-state index is -4.34. The van der Waals surface area contributed by atoms with Gasteiger partial charge < -0.3 is 4.74 Å². The van der Waals surface area contributed by atoms with E-state index in [2.05, 4.69) is 14.9 Å². The Hall–Kier alpha value is -1.52. The molecular weight excluding hydrogens is 471 g/mol.